The third-order valence-corrected chi connectivity index (χ3v) is 3.01. The van der Waals surface area contributed by atoms with Gasteiger partial charge in [-0.05, 0) is 37.5 Å². The summed E-state index contributed by atoms with van der Waals surface area (Å²) in [6, 6.07) is 6.19. The van der Waals surface area contributed by atoms with E-state index in [2.05, 4.69) is 31.0 Å². The van der Waals surface area contributed by atoms with E-state index in [1.807, 2.05) is 10.6 Å². The first-order chi connectivity index (χ1) is 8.28. The Hall–Kier alpha value is -1.55. The van der Waals surface area contributed by atoms with Crippen molar-refractivity contribution in [1.82, 2.24) is 9.55 Å². The average Bonchev–Trinajstić information content (AvgIpc) is 2.52. The van der Waals surface area contributed by atoms with E-state index in [9.17, 15) is 5.11 Å². The van der Waals surface area contributed by atoms with Gasteiger partial charge < -0.3 is 15.4 Å². The van der Waals surface area contributed by atoms with Crippen LogP contribution in [0.1, 0.15) is 39.2 Å². The van der Waals surface area contributed by atoms with Gasteiger partial charge >= 0.3 is 0 Å². The maximum Gasteiger partial charge on any atom is 0.201 e. The van der Waals surface area contributed by atoms with Crippen LogP contribution in [0.25, 0.3) is 11.0 Å². The van der Waals surface area contributed by atoms with Gasteiger partial charge in [0.2, 0.25) is 5.95 Å². The first kappa shape index (κ1) is 12.9. The van der Waals surface area contributed by atoms with E-state index in [0.29, 0.717) is 18.4 Å². The van der Waals surface area contributed by atoms with Gasteiger partial charge in [-0.1, -0.05) is 19.9 Å². The summed E-state index contributed by atoms with van der Waals surface area (Å²) in [6.07, 6.45) is 0. The predicted octanol–water partition coefficient (Wildman–Crippen LogP) is 2.51. The summed E-state index contributed by atoms with van der Waals surface area (Å²) < 4.78 is 1.86. The van der Waals surface area contributed by atoms with Crippen LogP contribution in [0.4, 0.5) is 5.95 Å². The smallest absolute Gasteiger partial charge is 0.201 e. The molecule has 0 aliphatic rings. The summed E-state index contributed by atoms with van der Waals surface area (Å²) in [5, 5.41) is 9.91. The van der Waals surface area contributed by atoms with Gasteiger partial charge in [-0.2, -0.15) is 0 Å². The molecule has 1 aromatic heterocycles. The SMILES string of the molecule is CC(C)c1ccc2c(c1)nc(N)n2CC(C)(C)O. The summed E-state index contributed by atoms with van der Waals surface area (Å²) in [6.45, 7) is 8.27. The van der Waals surface area contributed by atoms with Crippen molar-refractivity contribution in [3.05, 3.63) is 23.8 Å². The first-order valence-corrected chi connectivity index (χ1v) is 6.26. The molecule has 98 valence electrons. The number of nitrogen functional groups attached to an aromatic ring is 1. The van der Waals surface area contributed by atoms with E-state index in [1.54, 1.807) is 13.8 Å². The highest BCUT2D eigenvalue weighted by molar-refractivity contribution is 5.79. The quantitative estimate of drug-likeness (QED) is 0.876. The highest BCUT2D eigenvalue weighted by Gasteiger charge is 2.18. The highest BCUT2D eigenvalue weighted by atomic mass is 16.3. The number of fused-ring (bicyclic) bond motifs is 1. The van der Waals surface area contributed by atoms with Crippen molar-refractivity contribution >= 4 is 17.0 Å². The van der Waals surface area contributed by atoms with Crippen LogP contribution < -0.4 is 5.73 Å². The largest absolute Gasteiger partial charge is 0.389 e. The number of aromatic nitrogens is 2. The van der Waals surface area contributed by atoms with Crippen LogP contribution in [0.2, 0.25) is 0 Å². The average molecular weight is 247 g/mol. The molecule has 0 atom stereocenters. The number of rotatable bonds is 3. The number of benzene rings is 1. The maximum absolute atomic E-state index is 9.91. The number of imidazole rings is 1. The normalized spacial score (nSPS) is 12.6. The van der Waals surface area contributed by atoms with Crippen molar-refractivity contribution in [2.45, 2.75) is 45.8 Å². The molecule has 2 rings (SSSR count). The molecule has 3 N–H and O–H groups in total. The number of nitrogens with zero attached hydrogens (tertiary/aromatic N) is 2. The Balaban J connectivity index is 2.52. The Kier molecular flexibility index (Phi) is 3.07. The molecule has 0 amide bonds. The third kappa shape index (κ3) is 2.48. The zero-order chi connectivity index (χ0) is 13.5. The molecule has 0 bridgehead atoms. The van der Waals surface area contributed by atoms with Crippen LogP contribution in [0.15, 0.2) is 18.2 Å². The van der Waals surface area contributed by atoms with E-state index in [0.717, 1.165) is 11.0 Å². The number of aliphatic hydroxyl groups is 1. The molecule has 1 aromatic carbocycles. The van der Waals surface area contributed by atoms with E-state index in [-0.39, 0.29) is 0 Å². The van der Waals surface area contributed by atoms with Gasteiger partial charge in [0.25, 0.3) is 0 Å². The van der Waals surface area contributed by atoms with Gasteiger partial charge in [0.15, 0.2) is 0 Å². The molecule has 0 saturated heterocycles. The topological polar surface area (TPSA) is 64.1 Å². The zero-order valence-electron chi connectivity index (χ0n) is 11.4. The summed E-state index contributed by atoms with van der Waals surface area (Å²) >= 11 is 0. The van der Waals surface area contributed by atoms with Crippen molar-refractivity contribution < 1.29 is 5.11 Å². The Labute approximate surface area is 107 Å². The predicted molar refractivity (Wildman–Crippen MR) is 74.5 cm³/mol. The number of nitrogens with two attached hydrogens (primary N) is 1. The van der Waals surface area contributed by atoms with Crippen LogP contribution in [-0.4, -0.2) is 20.3 Å². The molecular formula is C14H21N3O. The minimum atomic E-state index is -0.807. The zero-order valence-corrected chi connectivity index (χ0v) is 11.4. The van der Waals surface area contributed by atoms with E-state index < -0.39 is 5.60 Å². The van der Waals surface area contributed by atoms with E-state index in [4.69, 9.17) is 5.73 Å². The molecule has 0 spiro atoms. The highest BCUT2D eigenvalue weighted by Crippen LogP contribution is 2.24. The Morgan fingerprint density at radius 2 is 2.06 bits per heavy atom. The second-order valence-corrected chi connectivity index (χ2v) is 5.77. The van der Waals surface area contributed by atoms with Crippen molar-refractivity contribution in [3.8, 4) is 0 Å². The van der Waals surface area contributed by atoms with Crippen molar-refractivity contribution in [2.24, 2.45) is 0 Å². The molecule has 2 aromatic rings. The maximum atomic E-state index is 9.91. The molecule has 18 heavy (non-hydrogen) atoms. The number of hydrogen-bond donors (Lipinski definition) is 2. The monoisotopic (exact) mass is 247 g/mol. The minimum Gasteiger partial charge on any atom is -0.389 e. The van der Waals surface area contributed by atoms with Gasteiger partial charge in [-0.3, -0.25) is 0 Å². The van der Waals surface area contributed by atoms with Crippen molar-refractivity contribution in [2.75, 3.05) is 5.73 Å². The van der Waals surface area contributed by atoms with Crippen molar-refractivity contribution in [3.63, 3.8) is 0 Å². The molecule has 0 saturated carbocycles. The van der Waals surface area contributed by atoms with Crippen molar-refractivity contribution in [1.29, 1.82) is 0 Å². The fraction of sp³-hybridized carbons (Fsp3) is 0.500. The van der Waals surface area contributed by atoms with Crippen LogP contribution in [0.5, 0.6) is 0 Å². The van der Waals surface area contributed by atoms with E-state index in [1.165, 1.54) is 5.56 Å². The van der Waals surface area contributed by atoms with E-state index >= 15 is 0 Å². The fourth-order valence-electron chi connectivity index (χ4n) is 2.08. The van der Waals surface area contributed by atoms with Gasteiger partial charge in [-0.25, -0.2) is 4.98 Å². The molecule has 4 heteroatoms. The van der Waals surface area contributed by atoms with Gasteiger partial charge in [0.05, 0.1) is 23.2 Å². The summed E-state index contributed by atoms with van der Waals surface area (Å²) in [7, 11) is 0. The first-order valence-electron chi connectivity index (χ1n) is 6.26. The molecular weight excluding hydrogens is 226 g/mol. The van der Waals surface area contributed by atoms with Gasteiger partial charge in [-0.15, -0.1) is 0 Å². The third-order valence-electron chi connectivity index (χ3n) is 3.01. The molecule has 0 unspecified atom stereocenters. The molecule has 0 aliphatic heterocycles. The lowest BCUT2D eigenvalue weighted by Crippen LogP contribution is -2.26. The second-order valence-electron chi connectivity index (χ2n) is 5.77. The summed E-state index contributed by atoms with van der Waals surface area (Å²) in [5.41, 5.74) is 8.23. The number of hydrogen-bond acceptors (Lipinski definition) is 3. The van der Waals surface area contributed by atoms with Crippen LogP contribution in [0.3, 0.4) is 0 Å². The fourth-order valence-corrected chi connectivity index (χ4v) is 2.08. The van der Waals surface area contributed by atoms with Crippen LogP contribution >= 0.6 is 0 Å². The number of anilines is 1. The Morgan fingerprint density at radius 3 is 2.61 bits per heavy atom. The van der Waals surface area contributed by atoms with Gasteiger partial charge in [0.1, 0.15) is 0 Å². The lowest BCUT2D eigenvalue weighted by Gasteiger charge is -2.19. The Morgan fingerprint density at radius 1 is 1.39 bits per heavy atom. The minimum absolute atomic E-state index is 0.441. The molecule has 4 nitrogen and oxygen atoms in total. The van der Waals surface area contributed by atoms with Crippen LogP contribution in [0, 0.1) is 0 Å². The Bertz CT molecular complexity index is 564. The molecule has 0 aliphatic carbocycles. The second kappa shape index (κ2) is 4.28. The molecule has 0 radical (unpaired) electrons. The standard InChI is InChI=1S/C14H21N3O/c1-9(2)10-5-6-12-11(7-10)16-13(15)17(12)8-14(3,4)18/h5-7,9,18H,8H2,1-4H3,(H2,15,16). The van der Waals surface area contributed by atoms with Gasteiger partial charge in [0, 0.05) is 0 Å². The summed E-state index contributed by atoms with van der Waals surface area (Å²) in [4.78, 5) is 4.37. The molecule has 0 fully saturated rings. The lowest BCUT2D eigenvalue weighted by molar-refractivity contribution is 0.0633. The summed E-state index contributed by atoms with van der Waals surface area (Å²) in [5.74, 6) is 0.920. The lowest BCUT2D eigenvalue weighted by atomic mass is 10.0. The van der Waals surface area contributed by atoms with Crippen LogP contribution in [-0.2, 0) is 6.54 Å². The molecule has 1 heterocycles.